The third-order valence-electron chi connectivity index (χ3n) is 3.46. The first-order valence-corrected chi connectivity index (χ1v) is 6.85. The van der Waals surface area contributed by atoms with E-state index in [1.807, 2.05) is 6.07 Å². The predicted octanol–water partition coefficient (Wildman–Crippen LogP) is 3.37. The van der Waals surface area contributed by atoms with Gasteiger partial charge < -0.3 is 14.5 Å². The van der Waals surface area contributed by atoms with Gasteiger partial charge in [0.05, 0.1) is 18.3 Å². The summed E-state index contributed by atoms with van der Waals surface area (Å²) in [6, 6.07) is 5.43. The zero-order chi connectivity index (χ0) is 15.7. The van der Waals surface area contributed by atoms with Gasteiger partial charge in [0.1, 0.15) is 0 Å². The maximum atomic E-state index is 11.5. The molecule has 0 unspecified atom stereocenters. The summed E-state index contributed by atoms with van der Waals surface area (Å²) in [5, 5.41) is 1.60. The van der Waals surface area contributed by atoms with Gasteiger partial charge in [-0.05, 0) is 19.9 Å². The molecule has 0 aliphatic rings. The van der Waals surface area contributed by atoms with Crippen molar-refractivity contribution in [3.8, 4) is 5.88 Å². The number of benzene rings is 1. The van der Waals surface area contributed by atoms with Crippen LogP contribution in [-0.4, -0.2) is 29.0 Å². The minimum absolute atomic E-state index is 0.174. The van der Waals surface area contributed by atoms with Crippen LogP contribution in [0, 0.1) is 6.92 Å². The first-order chi connectivity index (χ1) is 10.7. The number of nitrogens with one attached hydrogen (secondary N) is 1. The fourth-order valence-corrected chi connectivity index (χ4v) is 2.54. The molecule has 22 heavy (non-hydrogen) atoms. The summed E-state index contributed by atoms with van der Waals surface area (Å²) in [5.74, 6) is 0.174. The molecular formula is C16H14N2O4. The van der Waals surface area contributed by atoms with Crippen LogP contribution in [0.15, 0.2) is 24.4 Å². The number of ether oxygens (including phenoxy) is 2. The predicted molar refractivity (Wildman–Crippen MR) is 81.4 cm³/mol. The summed E-state index contributed by atoms with van der Waals surface area (Å²) in [6.07, 6.45) is 1.58. The Bertz CT molecular complexity index is 883. The van der Waals surface area contributed by atoms with Gasteiger partial charge in [0, 0.05) is 27.4 Å². The van der Waals surface area contributed by atoms with E-state index in [2.05, 4.69) is 9.97 Å². The van der Waals surface area contributed by atoms with Gasteiger partial charge in [0.15, 0.2) is 6.29 Å². The Hall–Kier alpha value is -2.89. The highest BCUT2D eigenvalue weighted by Gasteiger charge is 2.16. The van der Waals surface area contributed by atoms with Gasteiger partial charge in [-0.1, -0.05) is 12.1 Å². The van der Waals surface area contributed by atoms with Gasteiger partial charge >= 0.3 is 6.16 Å². The fourth-order valence-electron chi connectivity index (χ4n) is 2.54. The highest BCUT2D eigenvalue weighted by Crippen LogP contribution is 2.33. The number of fused-ring (bicyclic) bond motifs is 3. The van der Waals surface area contributed by atoms with Crippen LogP contribution in [0.4, 0.5) is 4.79 Å². The quantitative estimate of drug-likeness (QED) is 0.592. The molecule has 6 heteroatoms. The molecule has 0 fully saturated rings. The largest absolute Gasteiger partial charge is 0.515 e. The van der Waals surface area contributed by atoms with Crippen molar-refractivity contribution in [2.45, 2.75) is 13.8 Å². The van der Waals surface area contributed by atoms with Crippen molar-refractivity contribution in [3.63, 3.8) is 0 Å². The normalized spacial score (nSPS) is 10.8. The zero-order valence-corrected chi connectivity index (χ0v) is 12.2. The Morgan fingerprint density at radius 2 is 2.14 bits per heavy atom. The molecule has 112 valence electrons. The van der Waals surface area contributed by atoms with Crippen LogP contribution in [0.25, 0.3) is 21.8 Å². The van der Waals surface area contributed by atoms with Gasteiger partial charge in [0.2, 0.25) is 5.88 Å². The Morgan fingerprint density at radius 3 is 2.86 bits per heavy atom. The number of nitrogens with zero attached hydrogens (tertiary/aromatic N) is 1. The van der Waals surface area contributed by atoms with Crippen LogP contribution in [0.1, 0.15) is 22.8 Å². The van der Waals surface area contributed by atoms with Crippen molar-refractivity contribution < 1.29 is 19.1 Å². The Balaban J connectivity index is 2.23. The van der Waals surface area contributed by atoms with Crippen molar-refractivity contribution in [2.75, 3.05) is 6.61 Å². The highest BCUT2D eigenvalue weighted by atomic mass is 16.7. The number of aromatic nitrogens is 2. The van der Waals surface area contributed by atoms with E-state index in [0.29, 0.717) is 11.1 Å². The third kappa shape index (κ3) is 2.18. The number of aldehydes is 1. The minimum atomic E-state index is -0.798. The van der Waals surface area contributed by atoms with E-state index in [-0.39, 0.29) is 12.5 Å². The lowest BCUT2D eigenvalue weighted by atomic mass is 10.1. The summed E-state index contributed by atoms with van der Waals surface area (Å²) < 4.78 is 9.87. The number of hydrogen-bond donors (Lipinski definition) is 1. The zero-order valence-electron chi connectivity index (χ0n) is 12.2. The average Bonchev–Trinajstić information content (AvgIpc) is 2.89. The van der Waals surface area contributed by atoms with Crippen LogP contribution in [0.3, 0.4) is 0 Å². The lowest BCUT2D eigenvalue weighted by Gasteiger charge is -2.07. The molecule has 0 atom stereocenters. The molecule has 0 saturated carbocycles. The maximum absolute atomic E-state index is 11.5. The summed E-state index contributed by atoms with van der Waals surface area (Å²) in [5.41, 5.74) is 2.85. The number of carbonyl (C=O) groups is 2. The van der Waals surface area contributed by atoms with Crippen molar-refractivity contribution in [2.24, 2.45) is 0 Å². The second-order valence-electron chi connectivity index (χ2n) is 4.77. The first kappa shape index (κ1) is 14.1. The molecule has 1 aromatic carbocycles. The summed E-state index contributed by atoms with van der Waals surface area (Å²) in [6.45, 7) is 3.71. The molecule has 0 spiro atoms. The molecule has 6 nitrogen and oxygen atoms in total. The number of hydrogen-bond acceptors (Lipinski definition) is 5. The molecule has 0 saturated heterocycles. The highest BCUT2D eigenvalue weighted by molar-refractivity contribution is 6.15. The summed E-state index contributed by atoms with van der Waals surface area (Å²) >= 11 is 0. The smallest absolute Gasteiger partial charge is 0.434 e. The summed E-state index contributed by atoms with van der Waals surface area (Å²) in [4.78, 5) is 30.1. The van der Waals surface area contributed by atoms with E-state index in [0.717, 1.165) is 28.1 Å². The van der Waals surface area contributed by atoms with E-state index in [1.54, 1.807) is 32.2 Å². The molecule has 1 N–H and O–H groups in total. The maximum Gasteiger partial charge on any atom is 0.515 e. The molecule has 3 aromatic rings. The lowest BCUT2D eigenvalue weighted by Crippen LogP contribution is -2.11. The van der Waals surface area contributed by atoms with Crippen molar-refractivity contribution in [1.82, 2.24) is 9.97 Å². The molecule has 0 bridgehead atoms. The van der Waals surface area contributed by atoms with Crippen molar-refractivity contribution in [3.05, 3.63) is 35.5 Å². The fraction of sp³-hybridized carbons (Fsp3) is 0.188. The SMILES string of the molecule is CCOC(=O)Oc1ncc2[nH]c3cccc(C=O)c3c2c1C. The van der Waals surface area contributed by atoms with Gasteiger partial charge in [-0.15, -0.1) is 0 Å². The number of aryl methyl sites for hydroxylation is 1. The standard InChI is InChI=1S/C16H14N2O4/c1-3-21-16(20)22-15-9(2)13-12(7-17-15)18-11-6-4-5-10(8-19)14(11)13/h4-8,18H,3H2,1-2H3. The lowest BCUT2D eigenvalue weighted by molar-refractivity contribution is 0.102. The van der Waals surface area contributed by atoms with Gasteiger partial charge in [0.25, 0.3) is 0 Å². The monoisotopic (exact) mass is 298 g/mol. The third-order valence-corrected chi connectivity index (χ3v) is 3.46. The van der Waals surface area contributed by atoms with Gasteiger partial charge in [-0.2, -0.15) is 0 Å². The van der Waals surface area contributed by atoms with Crippen molar-refractivity contribution >= 4 is 34.2 Å². The van der Waals surface area contributed by atoms with E-state index in [9.17, 15) is 9.59 Å². The number of H-pyrrole nitrogens is 1. The van der Waals surface area contributed by atoms with E-state index in [4.69, 9.17) is 9.47 Å². The van der Waals surface area contributed by atoms with Crippen LogP contribution in [0.2, 0.25) is 0 Å². The van der Waals surface area contributed by atoms with Crippen LogP contribution < -0.4 is 4.74 Å². The number of rotatable bonds is 3. The Kier molecular flexibility index (Phi) is 3.50. The van der Waals surface area contributed by atoms with E-state index < -0.39 is 6.16 Å². The molecule has 3 rings (SSSR count). The van der Waals surface area contributed by atoms with Crippen molar-refractivity contribution in [1.29, 1.82) is 0 Å². The number of pyridine rings is 1. The Morgan fingerprint density at radius 1 is 1.32 bits per heavy atom. The van der Waals surface area contributed by atoms with Gasteiger partial charge in [-0.3, -0.25) is 4.79 Å². The van der Waals surface area contributed by atoms with Crippen LogP contribution >= 0.6 is 0 Å². The second kappa shape index (κ2) is 5.48. The molecule has 0 aliphatic carbocycles. The molecule has 0 amide bonds. The van der Waals surface area contributed by atoms with Gasteiger partial charge in [-0.25, -0.2) is 9.78 Å². The van der Waals surface area contributed by atoms with Crippen LogP contribution in [-0.2, 0) is 4.74 Å². The molecule has 0 radical (unpaired) electrons. The number of carbonyl (C=O) groups excluding carboxylic acids is 2. The first-order valence-electron chi connectivity index (χ1n) is 6.85. The topological polar surface area (TPSA) is 81.3 Å². The van der Waals surface area contributed by atoms with E-state index in [1.165, 1.54) is 0 Å². The molecule has 2 heterocycles. The summed E-state index contributed by atoms with van der Waals surface area (Å²) in [7, 11) is 0. The molecule has 0 aliphatic heterocycles. The van der Waals surface area contributed by atoms with Crippen LogP contribution in [0.5, 0.6) is 5.88 Å². The number of aromatic amines is 1. The van der Waals surface area contributed by atoms with E-state index >= 15 is 0 Å². The molecular weight excluding hydrogens is 284 g/mol. The molecule has 2 aromatic heterocycles. The average molecular weight is 298 g/mol. The minimum Gasteiger partial charge on any atom is -0.434 e. The second-order valence-corrected chi connectivity index (χ2v) is 4.77. The Labute approximate surface area is 126 Å².